The lowest BCUT2D eigenvalue weighted by Crippen LogP contribution is -2.25. The van der Waals surface area contributed by atoms with Gasteiger partial charge in [0.2, 0.25) is 0 Å². The topological polar surface area (TPSA) is 46.5 Å². The summed E-state index contributed by atoms with van der Waals surface area (Å²) in [6.45, 7) is 1.72. The predicted molar refractivity (Wildman–Crippen MR) is 72.5 cm³/mol. The van der Waals surface area contributed by atoms with Crippen LogP contribution >= 0.6 is 11.8 Å². The SMILES string of the molecule is CC1=C(C2N=CCS2)C(=O)c2ccccc2C1=O. The van der Waals surface area contributed by atoms with Gasteiger partial charge < -0.3 is 0 Å². The molecule has 1 aromatic rings. The van der Waals surface area contributed by atoms with Gasteiger partial charge >= 0.3 is 0 Å². The lowest BCUT2D eigenvalue weighted by molar-refractivity contribution is 0.0973. The van der Waals surface area contributed by atoms with E-state index >= 15 is 0 Å². The first kappa shape index (κ1) is 11.4. The van der Waals surface area contributed by atoms with Crippen molar-refractivity contribution in [3.63, 3.8) is 0 Å². The average Bonchev–Trinajstić information content (AvgIpc) is 2.90. The molecule has 0 bridgehead atoms. The molecule has 0 radical (unpaired) electrons. The molecule has 4 heteroatoms. The second-order valence-corrected chi connectivity index (χ2v) is 5.37. The molecular formula is C14H11NO2S. The molecule has 2 aliphatic rings. The van der Waals surface area contributed by atoms with E-state index in [1.807, 2.05) is 0 Å². The summed E-state index contributed by atoms with van der Waals surface area (Å²) in [6.07, 6.45) is 1.80. The monoisotopic (exact) mass is 257 g/mol. The first-order valence-electron chi connectivity index (χ1n) is 5.72. The van der Waals surface area contributed by atoms with Crippen molar-refractivity contribution in [1.82, 2.24) is 0 Å². The van der Waals surface area contributed by atoms with Crippen LogP contribution in [0.15, 0.2) is 40.4 Å². The Morgan fingerprint density at radius 1 is 1.17 bits per heavy atom. The summed E-state index contributed by atoms with van der Waals surface area (Å²) in [5, 5.41) is -0.213. The summed E-state index contributed by atoms with van der Waals surface area (Å²) >= 11 is 1.58. The Balaban J connectivity index is 2.16. The zero-order valence-corrected chi connectivity index (χ0v) is 10.7. The smallest absolute Gasteiger partial charge is 0.193 e. The number of aliphatic imine (C=N–C) groups is 1. The van der Waals surface area contributed by atoms with Crippen molar-refractivity contribution < 1.29 is 9.59 Å². The molecule has 0 aromatic heterocycles. The van der Waals surface area contributed by atoms with Crippen LogP contribution in [0.5, 0.6) is 0 Å². The third kappa shape index (κ3) is 1.56. The third-order valence-electron chi connectivity index (χ3n) is 3.22. The zero-order chi connectivity index (χ0) is 12.7. The summed E-state index contributed by atoms with van der Waals surface area (Å²) in [5.41, 5.74) is 2.11. The molecule has 90 valence electrons. The van der Waals surface area contributed by atoms with Crippen molar-refractivity contribution in [2.75, 3.05) is 5.75 Å². The number of Topliss-reactive ketones (excluding diaryl/α,β-unsaturated/α-hetero) is 2. The molecule has 0 fully saturated rings. The number of hydrogen-bond donors (Lipinski definition) is 0. The van der Waals surface area contributed by atoms with Crippen LogP contribution in [0.3, 0.4) is 0 Å². The van der Waals surface area contributed by atoms with Crippen LogP contribution in [0.25, 0.3) is 0 Å². The standard InChI is InChI=1S/C14H11NO2S/c1-8-11(14-15-6-7-18-14)13(17)10-5-3-2-4-9(10)12(8)16/h2-6,14H,7H2,1H3. The Bertz CT molecular complexity index is 616. The molecule has 1 heterocycles. The Labute approximate surface area is 109 Å². The normalized spacial score (nSPS) is 22.6. The van der Waals surface area contributed by atoms with Crippen LogP contribution in [-0.2, 0) is 0 Å². The van der Waals surface area contributed by atoms with Gasteiger partial charge in [-0.15, -0.1) is 11.8 Å². The van der Waals surface area contributed by atoms with Gasteiger partial charge in [0.1, 0.15) is 5.37 Å². The van der Waals surface area contributed by atoms with Crippen molar-refractivity contribution in [3.8, 4) is 0 Å². The number of benzene rings is 1. The van der Waals surface area contributed by atoms with E-state index in [1.165, 1.54) is 0 Å². The number of hydrogen-bond acceptors (Lipinski definition) is 4. The van der Waals surface area contributed by atoms with Crippen molar-refractivity contribution >= 4 is 29.5 Å². The van der Waals surface area contributed by atoms with Gasteiger partial charge in [0.25, 0.3) is 0 Å². The van der Waals surface area contributed by atoms with Gasteiger partial charge in [-0.25, -0.2) is 0 Å². The van der Waals surface area contributed by atoms with E-state index in [1.54, 1.807) is 49.2 Å². The molecule has 18 heavy (non-hydrogen) atoms. The van der Waals surface area contributed by atoms with Crippen molar-refractivity contribution in [3.05, 3.63) is 46.5 Å². The summed E-state index contributed by atoms with van der Waals surface area (Å²) in [5.74, 6) is 0.687. The van der Waals surface area contributed by atoms with E-state index < -0.39 is 0 Å². The highest BCUT2D eigenvalue weighted by atomic mass is 32.2. The lowest BCUT2D eigenvalue weighted by Gasteiger charge is -2.21. The number of thioether (sulfide) groups is 1. The first-order chi connectivity index (χ1) is 8.70. The molecule has 3 rings (SSSR count). The van der Waals surface area contributed by atoms with E-state index in [4.69, 9.17) is 0 Å². The lowest BCUT2D eigenvalue weighted by atomic mass is 9.84. The summed E-state index contributed by atoms with van der Waals surface area (Å²) in [4.78, 5) is 29.0. The Morgan fingerprint density at radius 2 is 1.83 bits per heavy atom. The molecule has 0 N–H and O–H groups in total. The van der Waals surface area contributed by atoms with Crippen LogP contribution < -0.4 is 0 Å². The molecule has 0 saturated heterocycles. The Hall–Kier alpha value is -1.68. The van der Waals surface area contributed by atoms with Gasteiger partial charge in [-0.3, -0.25) is 14.6 Å². The molecule has 1 aliphatic carbocycles. The number of fused-ring (bicyclic) bond motifs is 1. The number of nitrogens with zero attached hydrogens (tertiary/aromatic N) is 1. The Kier molecular flexibility index (Phi) is 2.67. The fraction of sp³-hybridized carbons (Fsp3) is 0.214. The van der Waals surface area contributed by atoms with E-state index in [0.29, 0.717) is 22.3 Å². The van der Waals surface area contributed by atoms with Crippen LogP contribution in [0.1, 0.15) is 27.6 Å². The molecule has 0 spiro atoms. The van der Waals surface area contributed by atoms with Crippen molar-refractivity contribution in [2.45, 2.75) is 12.3 Å². The number of ketones is 2. The maximum Gasteiger partial charge on any atom is 0.193 e. The molecule has 3 nitrogen and oxygen atoms in total. The summed E-state index contributed by atoms with van der Waals surface area (Å²) in [7, 11) is 0. The molecule has 1 atom stereocenters. The van der Waals surface area contributed by atoms with Gasteiger partial charge in [0.05, 0.1) is 0 Å². The minimum Gasteiger partial charge on any atom is -0.289 e. The second-order valence-electron chi connectivity index (χ2n) is 4.26. The molecule has 1 aliphatic heterocycles. The fourth-order valence-electron chi connectivity index (χ4n) is 2.29. The van der Waals surface area contributed by atoms with E-state index in [2.05, 4.69) is 4.99 Å². The first-order valence-corrected chi connectivity index (χ1v) is 6.77. The van der Waals surface area contributed by atoms with Gasteiger partial charge in [-0.1, -0.05) is 24.3 Å². The quantitative estimate of drug-likeness (QED) is 0.776. The number of carbonyl (C=O) groups excluding carboxylic acids is 2. The van der Waals surface area contributed by atoms with Crippen LogP contribution in [0.2, 0.25) is 0 Å². The highest BCUT2D eigenvalue weighted by Crippen LogP contribution is 2.34. The highest BCUT2D eigenvalue weighted by Gasteiger charge is 2.34. The van der Waals surface area contributed by atoms with Crippen LogP contribution in [-0.4, -0.2) is 28.9 Å². The molecular weight excluding hydrogens is 246 g/mol. The number of allylic oxidation sites excluding steroid dienone is 1. The molecule has 1 unspecified atom stereocenters. The molecule has 1 aromatic carbocycles. The maximum absolute atomic E-state index is 12.5. The van der Waals surface area contributed by atoms with Gasteiger partial charge in [0, 0.05) is 34.2 Å². The maximum atomic E-state index is 12.5. The minimum atomic E-state index is -0.213. The number of rotatable bonds is 1. The molecule has 0 saturated carbocycles. The number of carbonyl (C=O) groups is 2. The predicted octanol–water partition coefficient (Wildman–Crippen LogP) is 2.53. The second kappa shape index (κ2) is 4.21. The van der Waals surface area contributed by atoms with Crippen molar-refractivity contribution in [1.29, 1.82) is 0 Å². The van der Waals surface area contributed by atoms with Gasteiger partial charge in [-0.05, 0) is 6.92 Å². The highest BCUT2D eigenvalue weighted by molar-refractivity contribution is 8.01. The van der Waals surface area contributed by atoms with Crippen LogP contribution in [0, 0.1) is 0 Å². The Morgan fingerprint density at radius 3 is 2.44 bits per heavy atom. The summed E-state index contributed by atoms with van der Waals surface area (Å²) in [6, 6.07) is 6.99. The van der Waals surface area contributed by atoms with Crippen LogP contribution in [0.4, 0.5) is 0 Å². The molecule has 0 amide bonds. The van der Waals surface area contributed by atoms with E-state index in [9.17, 15) is 9.59 Å². The van der Waals surface area contributed by atoms with Gasteiger partial charge in [0.15, 0.2) is 11.6 Å². The minimum absolute atomic E-state index is 0.0529. The summed E-state index contributed by atoms with van der Waals surface area (Å²) < 4.78 is 0. The van der Waals surface area contributed by atoms with Crippen molar-refractivity contribution in [2.24, 2.45) is 4.99 Å². The third-order valence-corrected chi connectivity index (χ3v) is 4.24. The fourth-order valence-corrected chi connectivity index (χ4v) is 3.27. The average molecular weight is 257 g/mol. The van der Waals surface area contributed by atoms with Gasteiger partial charge in [-0.2, -0.15) is 0 Å². The largest absolute Gasteiger partial charge is 0.289 e. The zero-order valence-electron chi connectivity index (χ0n) is 9.84. The van der Waals surface area contributed by atoms with E-state index in [0.717, 1.165) is 5.75 Å². The van der Waals surface area contributed by atoms with E-state index in [-0.39, 0.29) is 16.9 Å².